The highest BCUT2D eigenvalue weighted by Gasteiger charge is 2.23. The number of hydrogen-bond donors (Lipinski definition) is 1. The zero-order chi connectivity index (χ0) is 23.6. The fraction of sp³-hybridized carbons (Fsp3) is 0.250. The van der Waals surface area contributed by atoms with E-state index in [9.17, 15) is 4.79 Å². The second kappa shape index (κ2) is 9.25. The van der Waals surface area contributed by atoms with Gasteiger partial charge in [-0.05, 0) is 60.9 Å². The van der Waals surface area contributed by atoms with Crippen LogP contribution in [0.5, 0.6) is 5.75 Å². The molecule has 3 aromatic carbocycles. The Morgan fingerprint density at radius 3 is 2.46 bits per heavy atom. The largest absolute Gasteiger partial charge is 0.489 e. The number of rotatable bonds is 6. The Hall–Kier alpha value is -4.13. The van der Waals surface area contributed by atoms with Gasteiger partial charge in [0.1, 0.15) is 18.2 Å². The molecular weight excluding hydrogens is 440 g/mol. The minimum Gasteiger partial charge on any atom is -0.489 e. The minimum atomic E-state index is -0.567. The fourth-order valence-electron chi connectivity index (χ4n) is 4.95. The van der Waals surface area contributed by atoms with E-state index in [1.165, 1.54) is 19.3 Å². The van der Waals surface area contributed by atoms with Gasteiger partial charge in [-0.3, -0.25) is 9.51 Å². The Morgan fingerprint density at radius 1 is 0.943 bits per heavy atom. The number of aromatic amines is 1. The van der Waals surface area contributed by atoms with Crippen LogP contribution in [0.2, 0.25) is 0 Å². The molecule has 1 aliphatic rings. The summed E-state index contributed by atoms with van der Waals surface area (Å²) in [6, 6.07) is 24.7. The van der Waals surface area contributed by atoms with E-state index >= 15 is 0 Å². The van der Waals surface area contributed by atoms with Crippen LogP contribution in [0.3, 0.4) is 0 Å². The molecule has 7 nitrogen and oxygen atoms in total. The molecule has 0 atom stereocenters. The predicted octanol–water partition coefficient (Wildman–Crippen LogP) is 6.13. The topological polar surface area (TPSA) is 85.9 Å². The Bertz CT molecular complexity index is 1490. The summed E-state index contributed by atoms with van der Waals surface area (Å²) in [6.45, 7) is 0.535. The van der Waals surface area contributed by atoms with Crippen LogP contribution in [0.25, 0.3) is 33.8 Å². The van der Waals surface area contributed by atoms with Crippen LogP contribution in [-0.2, 0) is 6.61 Å². The lowest BCUT2D eigenvalue weighted by Crippen LogP contribution is -2.14. The van der Waals surface area contributed by atoms with Crippen LogP contribution in [0.4, 0.5) is 0 Å². The van der Waals surface area contributed by atoms with Crippen molar-refractivity contribution in [3.63, 3.8) is 0 Å². The Kier molecular flexibility index (Phi) is 5.66. The highest BCUT2D eigenvalue weighted by molar-refractivity contribution is 5.84. The van der Waals surface area contributed by atoms with Gasteiger partial charge in [-0.1, -0.05) is 54.8 Å². The predicted molar refractivity (Wildman–Crippen MR) is 134 cm³/mol. The first-order chi connectivity index (χ1) is 17.2. The first kappa shape index (κ1) is 21.4. The minimum absolute atomic E-state index is 0.408. The van der Waals surface area contributed by atoms with E-state index in [0.29, 0.717) is 18.5 Å². The summed E-state index contributed by atoms with van der Waals surface area (Å²) >= 11 is 0. The normalized spacial score (nSPS) is 14.4. The van der Waals surface area contributed by atoms with Gasteiger partial charge in [-0.2, -0.15) is 0 Å². The smallest absolute Gasteiger partial charge is 0.439 e. The molecule has 0 unspecified atom stereocenters. The number of benzene rings is 3. The van der Waals surface area contributed by atoms with Crippen LogP contribution in [0, 0.1) is 0 Å². The summed E-state index contributed by atoms with van der Waals surface area (Å²) in [5.74, 6) is 1.62. The molecule has 0 spiro atoms. The van der Waals surface area contributed by atoms with Gasteiger partial charge in [0.2, 0.25) is 0 Å². The maximum Gasteiger partial charge on any atom is 0.439 e. The van der Waals surface area contributed by atoms with E-state index in [2.05, 4.69) is 49.6 Å². The zero-order valence-electron chi connectivity index (χ0n) is 19.3. The second-order valence-corrected chi connectivity index (χ2v) is 9.04. The van der Waals surface area contributed by atoms with Gasteiger partial charge in [-0.15, -0.1) is 0 Å². The highest BCUT2D eigenvalue weighted by Crippen LogP contribution is 2.37. The van der Waals surface area contributed by atoms with Crippen molar-refractivity contribution in [2.24, 2.45) is 0 Å². The molecule has 7 heteroatoms. The average molecular weight is 467 g/mol. The third kappa shape index (κ3) is 4.37. The molecule has 0 radical (unpaired) electrons. The zero-order valence-corrected chi connectivity index (χ0v) is 19.3. The van der Waals surface area contributed by atoms with Gasteiger partial charge in [-0.25, -0.2) is 9.78 Å². The van der Waals surface area contributed by atoms with E-state index in [0.717, 1.165) is 52.1 Å². The van der Waals surface area contributed by atoms with E-state index < -0.39 is 5.76 Å². The molecule has 2 aromatic heterocycles. The Balaban J connectivity index is 1.35. The maximum atomic E-state index is 11.4. The van der Waals surface area contributed by atoms with Crippen molar-refractivity contribution >= 4 is 11.0 Å². The molecule has 2 heterocycles. The molecule has 6 rings (SSSR count). The molecule has 1 saturated carbocycles. The van der Waals surface area contributed by atoms with Gasteiger partial charge in [0.15, 0.2) is 5.82 Å². The maximum absolute atomic E-state index is 11.4. The quantitative estimate of drug-likeness (QED) is 0.325. The lowest BCUT2D eigenvalue weighted by Gasteiger charge is -2.25. The summed E-state index contributed by atoms with van der Waals surface area (Å²) in [5, 5.41) is 3.83. The van der Waals surface area contributed by atoms with Gasteiger partial charge in [0.05, 0.1) is 11.0 Å². The van der Waals surface area contributed by atoms with E-state index in [1.54, 1.807) is 0 Å². The van der Waals surface area contributed by atoms with Crippen molar-refractivity contribution in [1.82, 2.24) is 19.7 Å². The Morgan fingerprint density at radius 2 is 1.71 bits per heavy atom. The Labute approximate surface area is 202 Å². The summed E-state index contributed by atoms with van der Waals surface area (Å²) in [7, 11) is 0. The third-order valence-electron chi connectivity index (χ3n) is 6.70. The van der Waals surface area contributed by atoms with Crippen molar-refractivity contribution in [1.29, 1.82) is 0 Å². The molecule has 0 bridgehead atoms. The molecular formula is C28H26N4O3. The summed E-state index contributed by atoms with van der Waals surface area (Å²) in [4.78, 5) is 19.1. The summed E-state index contributed by atoms with van der Waals surface area (Å²) in [5.41, 5.74) is 4.92. The van der Waals surface area contributed by atoms with E-state index in [1.807, 2.05) is 42.5 Å². The summed E-state index contributed by atoms with van der Waals surface area (Å²) < 4.78 is 13.1. The molecule has 5 aromatic rings. The van der Waals surface area contributed by atoms with Gasteiger partial charge >= 0.3 is 5.76 Å². The molecule has 176 valence electrons. The van der Waals surface area contributed by atoms with Gasteiger partial charge in [0, 0.05) is 17.2 Å². The molecule has 0 amide bonds. The molecule has 0 aliphatic heterocycles. The number of ether oxygens (including phenoxy) is 1. The van der Waals surface area contributed by atoms with Crippen LogP contribution in [0.1, 0.15) is 43.7 Å². The lowest BCUT2D eigenvalue weighted by atomic mass is 9.95. The van der Waals surface area contributed by atoms with Crippen LogP contribution in [0.15, 0.2) is 82.1 Å². The lowest BCUT2D eigenvalue weighted by molar-refractivity contribution is 0.306. The number of imidazole rings is 1. The standard InChI is InChI=1S/C28H26N4O3/c33-28-30-26(31-35-28)21-13-16-25-24(17-21)29-27(32(25)22-9-5-2-6-10-22)20-11-14-23(15-12-20)34-18-19-7-3-1-4-8-19/h1,3-4,7-8,11-17,22H,2,5-6,9-10,18H2,(H,30,31,33). The molecule has 35 heavy (non-hydrogen) atoms. The van der Waals surface area contributed by atoms with Crippen LogP contribution >= 0.6 is 0 Å². The van der Waals surface area contributed by atoms with Crippen LogP contribution in [-0.4, -0.2) is 19.7 Å². The molecule has 0 saturated heterocycles. The summed E-state index contributed by atoms with van der Waals surface area (Å²) in [6.07, 6.45) is 6.04. The van der Waals surface area contributed by atoms with Crippen molar-refractivity contribution < 1.29 is 9.26 Å². The first-order valence-electron chi connectivity index (χ1n) is 12.1. The van der Waals surface area contributed by atoms with Gasteiger partial charge < -0.3 is 9.30 Å². The number of fused-ring (bicyclic) bond motifs is 1. The molecule has 1 fully saturated rings. The second-order valence-electron chi connectivity index (χ2n) is 9.04. The molecule has 1 aliphatic carbocycles. The van der Waals surface area contributed by atoms with E-state index in [4.69, 9.17) is 9.72 Å². The van der Waals surface area contributed by atoms with Crippen LogP contribution < -0.4 is 10.5 Å². The van der Waals surface area contributed by atoms with Gasteiger partial charge in [0.25, 0.3) is 0 Å². The third-order valence-corrected chi connectivity index (χ3v) is 6.70. The van der Waals surface area contributed by atoms with Crippen molar-refractivity contribution in [2.75, 3.05) is 0 Å². The van der Waals surface area contributed by atoms with Crippen molar-refractivity contribution in [3.05, 3.63) is 88.9 Å². The highest BCUT2D eigenvalue weighted by atomic mass is 16.5. The number of H-pyrrole nitrogens is 1. The number of aromatic nitrogens is 4. The van der Waals surface area contributed by atoms with Crippen molar-refractivity contribution in [2.45, 2.75) is 44.8 Å². The number of nitrogens with zero attached hydrogens (tertiary/aromatic N) is 3. The SMILES string of the molecule is O=c1[nH]c(-c2ccc3c(c2)nc(-c2ccc(OCc4ccccc4)cc2)n3C2CCCCC2)no1. The van der Waals surface area contributed by atoms with Crippen molar-refractivity contribution in [3.8, 4) is 28.5 Å². The van der Waals surface area contributed by atoms with E-state index in [-0.39, 0.29) is 0 Å². The number of nitrogens with one attached hydrogen (secondary N) is 1. The first-order valence-corrected chi connectivity index (χ1v) is 12.1. The molecule has 1 N–H and O–H groups in total. The average Bonchev–Trinajstić information content (AvgIpc) is 3.52. The fourth-order valence-corrected chi connectivity index (χ4v) is 4.95. The monoisotopic (exact) mass is 466 g/mol. The number of hydrogen-bond acceptors (Lipinski definition) is 5.